The summed E-state index contributed by atoms with van der Waals surface area (Å²) < 4.78 is 5.56. The van der Waals surface area contributed by atoms with Crippen molar-refractivity contribution in [2.24, 2.45) is 0 Å². The van der Waals surface area contributed by atoms with E-state index in [9.17, 15) is 19.5 Å². The maximum atomic E-state index is 12.6. The first kappa shape index (κ1) is 20.4. The van der Waals surface area contributed by atoms with Crippen LogP contribution in [0.2, 0.25) is 0 Å². The van der Waals surface area contributed by atoms with Gasteiger partial charge in [-0.3, -0.25) is 9.59 Å². The van der Waals surface area contributed by atoms with Crippen LogP contribution in [0.1, 0.15) is 11.1 Å². The van der Waals surface area contributed by atoms with Gasteiger partial charge in [0.1, 0.15) is 12.2 Å². The Labute approximate surface area is 175 Å². The molecule has 0 bridgehead atoms. The number of urea groups is 1. The Kier molecular flexibility index (Phi) is 5.88. The molecule has 1 heterocycles. The smallest absolute Gasteiger partial charge is 0.329 e. The van der Waals surface area contributed by atoms with E-state index in [4.69, 9.17) is 4.74 Å². The van der Waals surface area contributed by atoms with Gasteiger partial charge in [-0.05, 0) is 42.8 Å². The van der Waals surface area contributed by atoms with Crippen molar-refractivity contribution in [1.82, 2.24) is 10.2 Å². The molecule has 3 N–H and O–H groups in total. The number of hydrogen-bond acceptors (Lipinski definition) is 5. The van der Waals surface area contributed by atoms with Crippen molar-refractivity contribution in [3.63, 3.8) is 0 Å². The number of ether oxygens (including phenoxy) is 1. The van der Waals surface area contributed by atoms with E-state index in [0.29, 0.717) is 15.7 Å². The summed E-state index contributed by atoms with van der Waals surface area (Å²) in [5.74, 6) is -0.983. The van der Waals surface area contributed by atoms with Gasteiger partial charge in [0.15, 0.2) is 11.5 Å². The molecule has 0 saturated carbocycles. The minimum atomic E-state index is -0.692. The number of anilines is 1. The van der Waals surface area contributed by atoms with Gasteiger partial charge in [0.05, 0.1) is 7.11 Å². The molecule has 8 nitrogen and oxygen atoms in total. The second-order valence-electron chi connectivity index (χ2n) is 6.34. The maximum Gasteiger partial charge on any atom is 0.329 e. The van der Waals surface area contributed by atoms with Gasteiger partial charge in [0, 0.05) is 10.2 Å². The van der Waals surface area contributed by atoms with Gasteiger partial charge >= 0.3 is 6.03 Å². The van der Waals surface area contributed by atoms with Gasteiger partial charge in [-0.1, -0.05) is 33.6 Å². The largest absolute Gasteiger partial charge is 0.504 e. The van der Waals surface area contributed by atoms with Crippen LogP contribution in [-0.4, -0.2) is 41.5 Å². The molecule has 1 saturated heterocycles. The van der Waals surface area contributed by atoms with Gasteiger partial charge < -0.3 is 20.5 Å². The van der Waals surface area contributed by atoms with Crippen molar-refractivity contribution in [3.8, 4) is 11.5 Å². The summed E-state index contributed by atoms with van der Waals surface area (Å²) in [5.41, 5.74) is 2.13. The molecule has 0 aliphatic carbocycles. The van der Waals surface area contributed by atoms with Crippen LogP contribution in [0.3, 0.4) is 0 Å². The predicted octanol–water partition coefficient (Wildman–Crippen LogP) is 3.00. The topological polar surface area (TPSA) is 108 Å². The van der Waals surface area contributed by atoms with Crippen LogP contribution < -0.4 is 15.4 Å². The van der Waals surface area contributed by atoms with Crippen LogP contribution in [0.15, 0.2) is 46.6 Å². The zero-order valence-electron chi connectivity index (χ0n) is 15.7. The number of phenols is 1. The molecule has 1 aliphatic heterocycles. The summed E-state index contributed by atoms with van der Waals surface area (Å²) in [5, 5.41) is 14.9. The Morgan fingerprint density at radius 2 is 1.97 bits per heavy atom. The molecule has 2 aromatic rings. The summed E-state index contributed by atoms with van der Waals surface area (Å²) in [7, 11) is 1.40. The Morgan fingerprint density at radius 1 is 1.28 bits per heavy atom. The lowest BCUT2D eigenvalue weighted by Gasteiger charge is -2.12. The number of carbonyl (C=O) groups excluding carboxylic acids is 3. The van der Waals surface area contributed by atoms with Gasteiger partial charge in [-0.25, -0.2) is 9.69 Å². The first-order valence-electron chi connectivity index (χ1n) is 8.56. The SMILES string of the molecule is COc1cc(/C=C2/NC(=O)N(CC(=O)Nc3ccc(C)cc3)C2=O)c(Br)cc1O. The second kappa shape index (κ2) is 8.36. The Morgan fingerprint density at radius 3 is 2.62 bits per heavy atom. The highest BCUT2D eigenvalue weighted by Gasteiger charge is 2.35. The molecule has 9 heteroatoms. The molecule has 0 unspecified atom stereocenters. The molecule has 4 amide bonds. The standard InChI is InChI=1S/C20H18BrN3O5/c1-11-3-5-13(6-4-11)22-18(26)10-24-19(27)15(23-20(24)28)7-12-8-17(29-2)16(25)9-14(12)21/h3-9,25H,10H2,1-2H3,(H,22,26)(H,23,28)/b15-7+. The maximum absolute atomic E-state index is 12.6. The van der Waals surface area contributed by atoms with Crippen molar-refractivity contribution in [2.45, 2.75) is 6.92 Å². The van der Waals surface area contributed by atoms with E-state index in [2.05, 4.69) is 26.6 Å². The molecule has 150 valence electrons. The number of phenolic OH excluding ortho intramolecular Hbond substituents is 1. The van der Waals surface area contributed by atoms with E-state index in [1.54, 1.807) is 12.1 Å². The molecule has 0 spiro atoms. The molecule has 0 aromatic heterocycles. The van der Waals surface area contributed by atoms with Crippen LogP contribution in [0, 0.1) is 6.92 Å². The number of aromatic hydroxyl groups is 1. The number of rotatable bonds is 5. The molecule has 29 heavy (non-hydrogen) atoms. The van der Waals surface area contributed by atoms with Crippen molar-refractivity contribution in [2.75, 3.05) is 19.0 Å². The second-order valence-corrected chi connectivity index (χ2v) is 7.19. The van der Waals surface area contributed by atoms with E-state index in [1.807, 2.05) is 19.1 Å². The first-order chi connectivity index (χ1) is 13.8. The Balaban J connectivity index is 1.75. The summed E-state index contributed by atoms with van der Waals surface area (Å²) in [4.78, 5) is 37.8. The highest BCUT2D eigenvalue weighted by molar-refractivity contribution is 9.10. The van der Waals surface area contributed by atoms with E-state index >= 15 is 0 Å². The third-order valence-corrected chi connectivity index (χ3v) is 4.88. The minimum Gasteiger partial charge on any atom is -0.504 e. The molecule has 0 radical (unpaired) electrons. The molecule has 2 aromatic carbocycles. The van der Waals surface area contributed by atoms with E-state index in [0.717, 1.165) is 10.5 Å². The fraction of sp³-hybridized carbons (Fsp3) is 0.150. The zero-order valence-corrected chi connectivity index (χ0v) is 17.2. The highest BCUT2D eigenvalue weighted by Crippen LogP contribution is 2.33. The summed E-state index contributed by atoms with van der Waals surface area (Å²) in [6.45, 7) is 1.50. The summed E-state index contributed by atoms with van der Waals surface area (Å²) in [6, 6.07) is 9.39. The van der Waals surface area contributed by atoms with Crippen LogP contribution in [0.4, 0.5) is 10.5 Å². The average Bonchev–Trinajstić information content (AvgIpc) is 2.93. The van der Waals surface area contributed by atoms with Crippen molar-refractivity contribution >= 4 is 45.5 Å². The lowest BCUT2D eigenvalue weighted by Crippen LogP contribution is -2.38. The average molecular weight is 460 g/mol. The van der Waals surface area contributed by atoms with Crippen molar-refractivity contribution < 1.29 is 24.2 Å². The number of benzene rings is 2. The van der Waals surface area contributed by atoms with E-state index in [-0.39, 0.29) is 17.2 Å². The molecule has 0 atom stereocenters. The predicted molar refractivity (Wildman–Crippen MR) is 110 cm³/mol. The van der Waals surface area contributed by atoms with Crippen molar-refractivity contribution in [1.29, 1.82) is 0 Å². The Bertz CT molecular complexity index is 1020. The number of hydrogen-bond donors (Lipinski definition) is 3. The van der Waals surface area contributed by atoms with Gasteiger partial charge in [-0.15, -0.1) is 0 Å². The fourth-order valence-corrected chi connectivity index (χ4v) is 3.13. The number of amides is 4. The minimum absolute atomic E-state index is 0.00609. The number of nitrogens with one attached hydrogen (secondary N) is 2. The van der Waals surface area contributed by atoms with Gasteiger partial charge in [-0.2, -0.15) is 0 Å². The lowest BCUT2D eigenvalue weighted by molar-refractivity contribution is -0.127. The number of aryl methyl sites for hydroxylation is 1. The highest BCUT2D eigenvalue weighted by atomic mass is 79.9. The monoisotopic (exact) mass is 459 g/mol. The third-order valence-electron chi connectivity index (χ3n) is 4.20. The van der Waals surface area contributed by atoms with E-state index in [1.165, 1.54) is 25.3 Å². The van der Waals surface area contributed by atoms with Gasteiger partial charge in [0.25, 0.3) is 5.91 Å². The number of nitrogens with zero attached hydrogens (tertiary/aromatic N) is 1. The summed E-state index contributed by atoms with van der Waals surface area (Å²) >= 11 is 3.29. The van der Waals surface area contributed by atoms with Crippen molar-refractivity contribution in [3.05, 3.63) is 57.7 Å². The third kappa shape index (κ3) is 4.57. The molecule has 1 fully saturated rings. The molecular formula is C20H18BrN3O5. The number of carbonyl (C=O) groups is 3. The lowest BCUT2D eigenvalue weighted by atomic mass is 10.1. The van der Waals surface area contributed by atoms with Crippen LogP contribution >= 0.6 is 15.9 Å². The Hall–Kier alpha value is -3.33. The number of halogens is 1. The molecule has 1 aliphatic rings. The first-order valence-corrected chi connectivity index (χ1v) is 9.35. The quantitative estimate of drug-likeness (QED) is 0.470. The number of imide groups is 1. The van der Waals surface area contributed by atoms with Crippen LogP contribution in [-0.2, 0) is 9.59 Å². The summed E-state index contributed by atoms with van der Waals surface area (Å²) in [6.07, 6.45) is 1.43. The normalized spacial score (nSPS) is 14.9. The fourth-order valence-electron chi connectivity index (χ4n) is 2.68. The van der Waals surface area contributed by atoms with Crippen LogP contribution in [0.25, 0.3) is 6.08 Å². The number of methoxy groups -OCH3 is 1. The molecule has 3 rings (SSSR count). The zero-order chi connectivity index (χ0) is 21.1. The van der Waals surface area contributed by atoms with Crippen LogP contribution in [0.5, 0.6) is 11.5 Å². The van der Waals surface area contributed by atoms with E-state index < -0.39 is 24.4 Å². The van der Waals surface area contributed by atoms with Gasteiger partial charge in [0.2, 0.25) is 5.91 Å². The molecular weight excluding hydrogens is 442 g/mol.